The molecule has 0 unspecified atom stereocenters. The van der Waals surface area contributed by atoms with Crippen LogP contribution in [0.15, 0.2) is 42.5 Å². The fourth-order valence-electron chi connectivity index (χ4n) is 1.62. The minimum atomic E-state index is -0.329. The molecule has 4 heteroatoms. The summed E-state index contributed by atoms with van der Waals surface area (Å²) in [5.41, 5.74) is 6.91. The molecule has 0 saturated heterocycles. The van der Waals surface area contributed by atoms with Crippen LogP contribution in [-0.4, -0.2) is 0 Å². The van der Waals surface area contributed by atoms with Gasteiger partial charge in [0.1, 0.15) is 18.2 Å². The van der Waals surface area contributed by atoms with Gasteiger partial charge in [0.15, 0.2) is 0 Å². The minimum absolute atomic E-state index is 0.128. The summed E-state index contributed by atoms with van der Waals surface area (Å²) in [6, 6.07) is 11.8. The first-order valence-corrected chi connectivity index (χ1v) is 5.93. The van der Waals surface area contributed by atoms with Crippen LogP contribution in [0.25, 0.3) is 0 Å². The number of rotatable bonds is 4. The third-order valence-corrected chi connectivity index (χ3v) is 2.82. The molecule has 0 fully saturated rings. The third kappa shape index (κ3) is 3.00. The first-order chi connectivity index (χ1) is 8.70. The van der Waals surface area contributed by atoms with Crippen LogP contribution in [0, 0.1) is 5.82 Å². The van der Waals surface area contributed by atoms with Crippen LogP contribution >= 0.6 is 11.6 Å². The van der Waals surface area contributed by atoms with Crippen molar-refractivity contribution in [3.05, 3.63) is 64.4 Å². The topological polar surface area (TPSA) is 35.2 Å². The largest absolute Gasteiger partial charge is 0.488 e. The highest BCUT2D eigenvalue weighted by molar-refractivity contribution is 6.30. The SMILES string of the molecule is NCc1ccccc1OCc1cc(Cl)ccc1F. The Morgan fingerprint density at radius 1 is 1.11 bits per heavy atom. The van der Waals surface area contributed by atoms with Gasteiger partial charge in [-0.1, -0.05) is 29.8 Å². The second-order valence-electron chi connectivity index (χ2n) is 3.84. The first-order valence-electron chi connectivity index (χ1n) is 5.55. The van der Waals surface area contributed by atoms with E-state index in [4.69, 9.17) is 22.1 Å². The van der Waals surface area contributed by atoms with Crippen LogP contribution in [0.4, 0.5) is 4.39 Å². The average molecular weight is 266 g/mol. The van der Waals surface area contributed by atoms with Crippen LogP contribution < -0.4 is 10.5 Å². The van der Waals surface area contributed by atoms with Crippen molar-refractivity contribution in [1.29, 1.82) is 0 Å². The van der Waals surface area contributed by atoms with Crippen molar-refractivity contribution in [3.8, 4) is 5.75 Å². The van der Waals surface area contributed by atoms with Crippen molar-refractivity contribution in [2.75, 3.05) is 0 Å². The number of hydrogen-bond donors (Lipinski definition) is 1. The lowest BCUT2D eigenvalue weighted by molar-refractivity contribution is 0.297. The van der Waals surface area contributed by atoms with E-state index >= 15 is 0 Å². The van der Waals surface area contributed by atoms with Crippen LogP contribution in [0.3, 0.4) is 0 Å². The van der Waals surface area contributed by atoms with E-state index in [1.54, 1.807) is 6.07 Å². The van der Waals surface area contributed by atoms with Gasteiger partial charge in [0.05, 0.1) is 0 Å². The number of hydrogen-bond acceptors (Lipinski definition) is 2. The molecule has 18 heavy (non-hydrogen) atoms. The van der Waals surface area contributed by atoms with Crippen molar-refractivity contribution in [1.82, 2.24) is 0 Å². The predicted molar refractivity (Wildman–Crippen MR) is 70.1 cm³/mol. The van der Waals surface area contributed by atoms with E-state index in [9.17, 15) is 4.39 Å². The molecule has 2 rings (SSSR count). The smallest absolute Gasteiger partial charge is 0.129 e. The zero-order chi connectivity index (χ0) is 13.0. The minimum Gasteiger partial charge on any atom is -0.488 e. The molecule has 2 nitrogen and oxygen atoms in total. The molecule has 0 aliphatic carbocycles. The molecule has 0 radical (unpaired) electrons. The van der Waals surface area contributed by atoms with E-state index in [1.165, 1.54) is 12.1 Å². The molecule has 0 aliphatic heterocycles. The van der Waals surface area contributed by atoms with Crippen LogP contribution in [0.1, 0.15) is 11.1 Å². The number of nitrogens with two attached hydrogens (primary N) is 1. The van der Waals surface area contributed by atoms with E-state index in [-0.39, 0.29) is 12.4 Å². The lowest BCUT2D eigenvalue weighted by Crippen LogP contribution is -2.03. The van der Waals surface area contributed by atoms with Gasteiger partial charge < -0.3 is 10.5 Å². The maximum atomic E-state index is 13.5. The van der Waals surface area contributed by atoms with Crippen molar-refractivity contribution in [2.45, 2.75) is 13.2 Å². The molecule has 0 saturated carbocycles. The Morgan fingerprint density at radius 3 is 2.67 bits per heavy atom. The Hall–Kier alpha value is -1.58. The molecule has 0 amide bonds. The number of benzene rings is 2. The van der Waals surface area contributed by atoms with Crippen LogP contribution in [0.5, 0.6) is 5.75 Å². The predicted octanol–water partition coefficient (Wildman–Crippen LogP) is 3.52. The van der Waals surface area contributed by atoms with Gasteiger partial charge in [-0.3, -0.25) is 0 Å². The Balaban J connectivity index is 2.14. The van der Waals surface area contributed by atoms with E-state index in [0.29, 0.717) is 22.9 Å². The second kappa shape index (κ2) is 5.85. The van der Waals surface area contributed by atoms with E-state index in [1.807, 2.05) is 24.3 Å². The molecule has 2 aromatic rings. The van der Waals surface area contributed by atoms with Gasteiger partial charge in [0.2, 0.25) is 0 Å². The average Bonchev–Trinajstić information content (AvgIpc) is 2.40. The van der Waals surface area contributed by atoms with Crippen LogP contribution in [0.2, 0.25) is 5.02 Å². The fraction of sp³-hybridized carbons (Fsp3) is 0.143. The van der Waals surface area contributed by atoms with E-state index in [2.05, 4.69) is 0 Å². The highest BCUT2D eigenvalue weighted by atomic mass is 35.5. The number of ether oxygens (including phenoxy) is 1. The lowest BCUT2D eigenvalue weighted by Gasteiger charge is -2.10. The second-order valence-corrected chi connectivity index (χ2v) is 4.27. The summed E-state index contributed by atoms with van der Waals surface area (Å²) in [5.74, 6) is 0.337. The van der Waals surface area contributed by atoms with Gasteiger partial charge in [-0.25, -0.2) is 4.39 Å². The quantitative estimate of drug-likeness (QED) is 0.918. The highest BCUT2D eigenvalue weighted by Crippen LogP contribution is 2.21. The van der Waals surface area contributed by atoms with Crippen molar-refractivity contribution < 1.29 is 9.13 Å². The zero-order valence-electron chi connectivity index (χ0n) is 9.70. The summed E-state index contributed by atoms with van der Waals surface area (Å²) in [6.45, 7) is 0.512. The molecule has 94 valence electrons. The maximum Gasteiger partial charge on any atom is 0.129 e. The molecule has 2 N–H and O–H groups in total. The summed E-state index contributed by atoms with van der Waals surface area (Å²) < 4.78 is 19.1. The fourth-order valence-corrected chi connectivity index (χ4v) is 1.82. The standard InChI is InChI=1S/C14H13ClFNO/c15-12-5-6-13(16)11(7-12)9-18-14-4-2-1-3-10(14)8-17/h1-7H,8-9,17H2. The molecule has 2 aromatic carbocycles. The zero-order valence-corrected chi connectivity index (χ0v) is 10.5. The number of halogens is 2. The molecule has 0 atom stereocenters. The van der Waals surface area contributed by atoms with E-state index < -0.39 is 0 Å². The number of para-hydroxylation sites is 1. The Kier molecular flexibility index (Phi) is 4.18. The monoisotopic (exact) mass is 265 g/mol. The van der Waals surface area contributed by atoms with Crippen molar-refractivity contribution in [3.63, 3.8) is 0 Å². The van der Waals surface area contributed by atoms with Gasteiger partial charge >= 0.3 is 0 Å². The van der Waals surface area contributed by atoms with E-state index in [0.717, 1.165) is 5.56 Å². The molecule has 0 aliphatic rings. The third-order valence-electron chi connectivity index (χ3n) is 2.58. The van der Waals surface area contributed by atoms with Crippen molar-refractivity contribution >= 4 is 11.6 Å². The van der Waals surface area contributed by atoms with Crippen LogP contribution in [-0.2, 0) is 13.2 Å². The van der Waals surface area contributed by atoms with Gasteiger partial charge in [-0.15, -0.1) is 0 Å². The van der Waals surface area contributed by atoms with Gasteiger partial charge in [-0.2, -0.15) is 0 Å². The Morgan fingerprint density at radius 2 is 1.89 bits per heavy atom. The maximum absolute atomic E-state index is 13.5. The molecule has 0 spiro atoms. The Bertz CT molecular complexity index is 545. The summed E-state index contributed by atoms with van der Waals surface area (Å²) in [5, 5.41) is 0.488. The highest BCUT2D eigenvalue weighted by Gasteiger charge is 2.06. The van der Waals surface area contributed by atoms with Crippen molar-refractivity contribution in [2.24, 2.45) is 5.73 Å². The molecule has 0 heterocycles. The molecule has 0 bridgehead atoms. The van der Waals surface area contributed by atoms with Gasteiger partial charge in [0.25, 0.3) is 0 Å². The summed E-state index contributed by atoms with van der Waals surface area (Å²) in [6.07, 6.45) is 0. The molecule has 0 aromatic heterocycles. The molecular formula is C14H13ClFNO. The van der Waals surface area contributed by atoms with Gasteiger partial charge in [-0.05, 0) is 24.3 Å². The summed E-state index contributed by atoms with van der Waals surface area (Å²) in [4.78, 5) is 0. The lowest BCUT2D eigenvalue weighted by atomic mass is 10.2. The van der Waals surface area contributed by atoms with Gasteiger partial charge in [0, 0.05) is 22.7 Å². The first kappa shape index (κ1) is 12.9. The normalized spacial score (nSPS) is 10.4. The summed E-state index contributed by atoms with van der Waals surface area (Å²) >= 11 is 5.81. The summed E-state index contributed by atoms with van der Waals surface area (Å²) in [7, 11) is 0. The Labute approximate surface area is 110 Å². The molecular weight excluding hydrogens is 253 g/mol.